The maximum Gasteiger partial charge on any atom is 0.167 e. The normalized spacial score (nSPS) is 56.5. The van der Waals surface area contributed by atoms with E-state index in [1.54, 1.807) is 0 Å². The lowest BCUT2D eigenvalue weighted by Crippen LogP contribution is -2.66. The topological polar surface area (TPSA) is 24.1 Å². The van der Waals surface area contributed by atoms with Crippen LogP contribution in [0.4, 0.5) is 0 Å². The van der Waals surface area contributed by atoms with Gasteiger partial charge in [-0.1, -0.05) is 0 Å². The van der Waals surface area contributed by atoms with Crippen molar-refractivity contribution in [2.75, 3.05) is 0 Å². The molecule has 0 unspecified atom stereocenters. The van der Waals surface area contributed by atoms with Crippen LogP contribution in [-0.4, -0.2) is 16.2 Å². The van der Waals surface area contributed by atoms with Gasteiger partial charge in [-0.05, 0) is 125 Å². The van der Waals surface area contributed by atoms with E-state index in [9.17, 15) is 0 Å². The molecule has 0 saturated heterocycles. The highest BCUT2D eigenvalue weighted by molar-refractivity contribution is 7.80. The van der Waals surface area contributed by atoms with Crippen LogP contribution < -0.4 is 10.6 Å². The van der Waals surface area contributed by atoms with E-state index in [1.165, 1.54) is 77.0 Å². The predicted octanol–water partition coefficient (Wildman–Crippen LogP) is 4.39. The van der Waals surface area contributed by atoms with E-state index < -0.39 is 0 Å². The summed E-state index contributed by atoms with van der Waals surface area (Å²) in [6.45, 7) is 0. The summed E-state index contributed by atoms with van der Waals surface area (Å²) in [7, 11) is 0. The molecular weight excluding hydrogens is 312 g/mol. The van der Waals surface area contributed by atoms with E-state index in [4.69, 9.17) is 12.2 Å². The first-order chi connectivity index (χ1) is 11.6. The van der Waals surface area contributed by atoms with Gasteiger partial charge in [0.1, 0.15) is 0 Å². The Hall–Kier alpha value is -0.310. The van der Waals surface area contributed by atoms with Crippen LogP contribution in [0.15, 0.2) is 0 Å². The molecule has 0 atom stereocenters. The molecule has 0 amide bonds. The largest absolute Gasteiger partial charge is 0.357 e. The second-order valence-electron chi connectivity index (χ2n) is 11.0. The summed E-state index contributed by atoms with van der Waals surface area (Å²) in [6.07, 6.45) is 17.4. The first-order valence-corrected chi connectivity index (χ1v) is 11.1. The zero-order valence-electron chi connectivity index (χ0n) is 14.9. The molecule has 0 aromatic heterocycles. The number of hydrogen-bond acceptors (Lipinski definition) is 1. The minimum atomic E-state index is 0.362. The van der Waals surface area contributed by atoms with Crippen molar-refractivity contribution in [3.8, 4) is 0 Å². The van der Waals surface area contributed by atoms with E-state index in [0.717, 1.165) is 40.6 Å². The molecule has 0 aromatic carbocycles. The average Bonchev–Trinajstić information content (AvgIpc) is 2.42. The highest BCUT2D eigenvalue weighted by atomic mass is 32.1. The lowest BCUT2D eigenvalue weighted by atomic mass is 9.52. The van der Waals surface area contributed by atoms with Gasteiger partial charge in [0.15, 0.2) is 5.11 Å². The van der Waals surface area contributed by atoms with Gasteiger partial charge in [-0.25, -0.2) is 0 Å². The molecule has 24 heavy (non-hydrogen) atoms. The smallest absolute Gasteiger partial charge is 0.167 e. The summed E-state index contributed by atoms with van der Waals surface area (Å²) in [4.78, 5) is 0. The molecule has 2 nitrogen and oxygen atoms in total. The molecule has 0 aliphatic heterocycles. The number of hydrogen-bond donors (Lipinski definition) is 2. The summed E-state index contributed by atoms with van der Waals surface area (Å²) < 4.78 is 0. The maximum atomic E-state index is 5.90. The van der Waals surface area contributed by atoms with Gasteiger partial charge in [-0.15, -0.1) is 0 Å². The van der Waals surface area contributed by atoms with Gasteiger partial charge in [0, 0.05) is 11.1 Å². The Morgan fingerprint density at radius 1 is 0.542 bits per heavy atom. The molecule has 8 fully saturated rings. The number of nitrogens with one attached hydrogen (secondary N) is 2. The van der Waals surface area contributed by atoms with Crippen molar-refractivity contribution >= 4 is 17.3 Å². The molecule has 8 saturated carbocycles. The molecule has 8 rings (SSSR count). The Morgan fingerprint density at radius 2 is 0.792 bits per heavy atom. The molecule has 8 bridgehead atoms. The van der Waals surface area contributed by atoms with Crippen LogP contribution in [0.25, 0.3) is 0 Å². The summed E-state index contributed by atoms with van der Waals surface area (Å²) in [5, 5.41) is 8.85. The van der Waals surface area contributed by atoms with Crippen molar-refractivity contribution in [1.29, 1.82) is 0 Å². The Labute approximate surface area is 151 Å². The lowest BCUT2D eigenvalue weighted by Gasteiger charge is -2.59. The Kier molecular flexibility index (Phi) is 3.02. The maximum absolute atomic E-state index is 5.90. The lowest BCUT2D eigenvalue weighted by molar-refractivity contribution is -0.0176. The van der Waals surface area contributed by atoms with Crippen LogP contribution in [0.3, 0.4) is 0 Å². The summed E-state index contributed by atoms with van der Waals surface area (Å²) in [5.74, 6) is 5.95. The second-order valence-corrected chi connectivity index (χ2v) is 11.4. The SMILES string of the molecule is S=C(NC12CC3CC(CC(C3)C1)C2)NC12CC3CC(CC(C3)C1)C2. The van der Waals surface area contributed by atoms with E-state index in [1.807, 2.05) is 0 Å². The monoisotopic (exact) mass is 344 g/mol. The van der Waals surface area contributed by atoms with Crippen molar-refractivity contribution in [2.45, 2.75) is 88.1 Å². The molecule has 2 N–H and O–H groups in total. The third-order valence-electron chi connectivity index (χ3n) is 8.83. The molecule has 0 aromatic rings. The second kappa shape index (κ2) is 4.90. The van der Waals surface area contributed by atoms with Gasteiger partial charge in [0.05, 0.1) is 0 Å². The van der Waals surface area contributed by atoms with Gasteiger partial charge in [-0.3, -0.25) is 0 Å². The van der Waals surface area contributed by atoms with Gasteiger partial charge in [-0.2, -0.15) is 0 Å². The highest BCUT2D eigenvalue weighted by Gasteiger charge is 2.53. The Morgan fingerprint density at radius 3 is 1.04 bits per heavy atom. The van der Waals surface area contributed by atoms with Crippen molar-refractivity contribution in [2.24, 2.45) is 35.5 Å². The predicted molar refractivity (Wildman–Crippen MR) is 101 cm³/mol. The van der Waals surface area contributed by atoms with Crippen LogP contribution >= 0.6 is 12.2 Å². The van der Waals surface area contributed by atoms with Crippen LogP contribution in [0.1, 0.15) is 77.0 Å². The molecule has 8 aliphatic rings. The molecule has 0 spiro atoms. The fourth-order valence-electron chi connectivity index (χ4n) is 9.04. The van der Waals surface area contributed by atoms with E-state index >= 15 is 0 Å². The molecule has 0 radical (unpaired) electrons. The number of rotatable bonds is 2. The zero-order valence-corrected chi connectivity index (χ0v) is 15.7. The fourth-order valence-corrected chi connectivity index (χ4v) is 9.47. The number of thiocarbonyl (C=S) groups is 1. The van der Waals surface area contributed by atoms with Crippen LogP contribution in [-0.2, 0) is 0 Å². The third-order valence-corrected chi connectivity index (χ3v) is 9.04. The Balaban J connectivity index is 1.17. The fraction of sp³-hybridized carbons (Fsp3) is 0.952. The standard InChI is InChI=1S/C21H32N2S/c24-19(22-20-7-13-1-14(8-20)3-15(2-13)9-20)23-21-10-16-4-17(11-21)6-18(5-16)12-21/h13-18H,1-12H2,(H2,22,23,24). The van der Waals surface area contributed by atoms with Crippen molar-refractivity contribution in [3.63, 3.8) is 0 Å². The van der Waals surface area contributed by atoms with Gasteiger partial charge in [0.25, 0.3) is 0 Å². The van der Waals surface area contributed by atoms with E-state index in [-0.39, 0.29) is 0 Å². The minimum Gasteiger partial charge on any atom is -0.357 e. The quantitative estimate of drug-likeness (QED) is 0.727. The first-order valence-electron chi connectivity index (χ1n) is 10.7. The van der Waals surface area contributed by atoms with Crippen LogP contribution in [0.5, 0.6) is 0 Å². The van der Waals surface area contributed by atoms with Crippen molar-refractivity contribution < 1.29 is 0 Å². The molecule has 132 valence electrons. The molecular formula is C21H32N2S. The van der Waals surface area contributed by atoms with Gasteiger partial charge in [0.2, 0.25) is 0 Å². The van der Waals surface area contributed by atoms with E-state index in [0.29, 0.717) is 11.1 Å². The molecule has 0 heterocycles. The summed E-state index contributed by atoms with van der Waals surface area (Å²) in [5.41, 5.74) is 0.724. The Bertz CT molecular complexity index is 450. The summed E-state index contributed by atoms with van der Waals surface area (Å²) >= 11 is 5.90. The minimum absolute atomic E-state index is 0.362. The van der Waals surface area contributed by atoms with Crippen LogP contribution in [0.2, 0.25) is 0 Å². The first kappa shape index (κ1) is 14.8. The average molecular weight is 345 g/mol. The van der Waals surface area contributed by atoms with Crippen molar-refractivity contribution in [3.05, 3.63) is 0 Å². The zero-order chi connectivity index (χ0) is 15.9. The molecule has 3 heteroatoms. The van der Waals surface area contributed by atoms with Crippen molar-refractivity contribution in [1.82, 2.24) is 10.6 Å². The van der Waals surface area contributed by atoms with Gasteiger partial charge >= 0.3 is 0 Å². The van der Waals surface area contributed by atoms with Crippen LogP contribution in [0, 0.1) is 35.5 Å². The third kappa shape index (κ3) is 2.29. The highest BCUT2D eigenvalue weighted by Crippen LogP contribution is 2.57. The van der Waals surface area contributed by atoms with E-state index in [2.05, 4.69) is 10.6 Å². The van der Waals surface area contributed by atoms with Gasteiger partial charge < -0.3 is 10.6 Å². The molecule has 8 aliphatic carbocycles. The summed E-state index contributed by atoms with van der Waals surface area (Å²) in [6, 6.07) is 0.